The van der Waals surface area contributed by atoms with Crippen molar-refractivity contribution >= 4 is 11.3 Å². The molecule has 21 heavy (non-hydrogen) atoms. The van der Waals surface area contributed by atoms with Gasteiger partial charge < -0.3 is 10.5 Å². The van der Waals surface area contributed by atoms with Crippen LogP contribution in [0.15, 0.2) is 29.6 Å². The van der Waals surface area contributed by atoms with E-state index in [1.807, 2.05) is 19.1 Å². The largest absolute Gasteiger partial charge is 0.487 e. The molecule has 0 aliphatic rings. The smallest absolute Gasteiger partial charge is 0.131 e. The standard InChI is InChI=1S/C17H24N2OS/c1-12(2)17-19-15(11-21-17)10-20-16-8-6-14(7-9-16)5-4-13(3)18/h6-9,11-13H,4-5,10,18H2,1-3H3. The van der Waals surface area contributed by atoms with Gasteiger partial charge in [0.15, 0.2) is 0 Å². The topological polar surface area (TPSA) is 48.1 Å². The van der Waals surface area contributed by atoms with Crippen molar-refractivity contribution in [1.82, 2.24) is 4.98 Å². The minimum atomic E-state index is 0.251. The number of ether oxygens (including phenoxy) is 1. The molecule has 0 amide bonds. The number of thiazole rings is 1. The first-order valence-electron chi connectivity index (χ1n) is 7.46. The summed E-state index contributed by atoms with van der Waals surface area (Å²) in [6, 6.07) is 8.51. The molecular weight excluding hydrogens is 280 g/mol. The van der Waals surface area contributed by atoms with Gasteiger partial charge in [-0.05, 0) is 37.5 Å². The molecule has 1 aromatic carbocycles. The van der Waals surface area contributed by atoms with Gasteiger partial charge >= 0.3 is 0 Å². The van der Waals surface area contributed by atoms with E-state index < -0.39 is 0 Å². The Labute approximate surface area is 131 Å². The van der Waals surface area contributed by atoms with Crippen LogP contribution in [0, 0.1) is 0 Å². The molecule has 1 heterocycles. The van der Waals surface area contributed by atoms with Gasteiger partial charge in [0.05, 0.1) is 10.7 Å². The summed E-state index contributed by atoms with van der Waals surface area (Å²) in [6.45, 7) is 6.88. The van der Waals surface area contributed by atoms with Crippen LogP contribution in [0.2, 0.25) is 0 Å². The zero-order valence-electron chi connectivity index (χ0n) is 13.0. The van der Waals surface area contributed by atoms with Gasteiger partial charge in [0, 0.05) is 17.3 Å². The Morgan fingerprint density at radius 3 is 2.48 bits per heavy atom. The molecular formula is C17H24N2OS. The molecule has 0 radical (unpaired) electrons. The van der Waals surface area contributed by atoms with Gasteiger partial charge in [0.2, 0.25) is 0 Å². The van der Waals surface area contributed by atoms with Crippen molar-refractivity contribution in [2.24, 2.45) is 5.73 Å². The number of nitrogens with two attached hydrogens (primary N) is 1. The van der Waals surface area contributed by atoms with Crippen LogP contribution in [0.5, 0.6) is 5.75 Å². The van der Waals surface area contributed by atoms with E-state index in [1.165, 1.54) is 10.6 Å². The Balaban J connectivity index is 1.85. The van der Waals surface area contributed by atoms with E-state index in [4.69, 9.17) is 10.5 Å². The molecule has 3 nitrogen and oxygen atoms in total. The Bertz CT molecular complexity index is 546. The van der Waals surface area contributed by atoms with Crippen molar-refractivity contribution in [1.29, 1.82) is 0 Å². The highest BCUT2D eigenvalue weighted by Gasteiger charge is 2.06. The first kappa shape index (κ1) is 16.0. The molecule has 2 rings (SSSR count). The van der Waals surface area contributed by atoms with Crippen LogP contribution in [0.3, 0.4) is 0 Å². The lowest BCUT2D eigenvalue weighted by Crippen LogP contribution is -2.15. The summed E-state index contributed by atoms with van der Waals surface area (Å²) >= 11 is 1.70. The highest BCUT2D eigenvalue weighted by molar-refractivity contribution is 7.09. The number of aryl methyl sites for hydroxylation is 1. The summed E-state index contributed by atoms with van der Waals surface area (Å²) in [5.41, 5.74) is 8.08. The van der Waals surface area contributed by atoms with Crippen molar-refractivity contribution < 1.29 is 4.74 Å². The van der Waals surface area contributed by atoms with Gasteiger partial charge in [-0.15, -0.1) is 11.3 Å². The molecule has 0 spiro atoms. The van der Waals surface area contributed by atoms with Gasteiger partial charge in [-0.2, -0.15) is 0 Å². The van der Waals surface area contributed by atoms with Crippen molar-refractivity contribution in [3.8, 4) is 5.75 Å². The molecule has 0 saturated carbocycles. The lowest BCUT2D eigenvalue weighted by molar-refractivity contribution is 0.301. The van der Waals surface area contributed by atoms with E-state index in [2.05, 4.69) is 36.3 Å². The number of hydrogen-bond donors (Lipinski definition) is 1. The molecule has 0 aliphatic carbocycles. The van der Waals surface area contributed by atoms with E-state index in [9.17, 15) is 0 Å². The molecule has 0 saturated heterocycles. The van der Waals surface area contributed by atoms with Crippen molar-refractivity contribution in [3.63, 3.8) is 0 Å². The highest BCUT2D eigenvalue weighted by atomic mass is 32.1. The predicted octanol–water partition coefficient (Wildman–Crippen LogP) is 4.13. The summed E-state index contributed by atoms with van der Waals surface area (Å²) in [5, 5.41) is 3.24. The molecule has 4 heteroatoms. The van der Waals surface area contributed by atoms with E-state index in [0.29, 0.717) is 12.5 Å². The lowest BCUT2D eigenvalue weighted by atomic mass is 10.1. The van der Waals surface area contributed by atoms with Gasteiger partial charge in [0.1, 0.15) is 12.4 Å². The van der Waals surface area contributed by atoms with Gasteiger partial charge in [0.25, 0.3) is 0 Å². The van der Waals surface area contributed by atoms with Gasteiger partial charge in [-0.25, -0.2) is 4.98 Å². The van der Waals surface area contributed by atoms with Crippen LogP contribution in [-0.4, -0.2) is 11.0 Å². The second kappa shape index (κ2) is 7.57. The molecule has 1 aromatic heterocycles. The average Bonchev–Trinajstić information content (AvgIpc) is 2.93. The van der Waals surface area contributed by atoms with Crippen molar-refractivity contribution in [3.05, 3.63) is 45.9 Å². The fourth-order valence-electron chi connectivity index (χ4n) is 1.96. The number of benzene rings is 1. The monoisotopic (exact) mass is 304 g/mol. The van der Waals surface area contributed by atoms with Crippen LogP contribution in [-0.2, 0) is 13.0 Å². The fraction of sp³-hybridized carbons (Fsp3) is 0.471. The van der Waals surface area contributed by atoms with Crippen molar-refractivity contribution in [2.45, 2.75) is 52.2 Å². The van der Waals surface area contributed by atoms with E-state index in [-0.39, 0.29) is 6.04 Å². The van der Waals surface area contributed by atoms with Crippen LogP contribution >= 0.6 is 11.3 Å². The number of hydrogen-bond acceptors (Lipinski definition) is 4. The third kappa shape index (κ3) is 5.14. The zero-order chi connectivity index (χ0) is 15.2. The third-order valence-corrected chi connectivity index (χ3v) is 4.46. The van der Waals surface area contributed by atoms with E-state index >= 15 is 0 Å². The SMILES string of the molecule is CC(N)CCc1ccc(OCc2csc(C(C)C)n2)cc1. The molecule has 2 aromatic rings. The van der Waals surface area contributed by atoms with Gasteiger partial charge in [-0.1, -0.05) is 26.0 Å². The van der Waals surface area contributed by atoms with Crippen molar-refractivity contribution in [2.75, 3.05) is 0 Å². The molecule has 114 valence electrons. The first-order chi connectivity index (χ1) is 10.0. The third-order valence-electron chi connectivity index (χ3n) is 3.26. The summed E-state index contributed by atoms with van der Waals surface area (Å²) in [5.74, 6) is 1.37. The van der Waals surface area contributed by atoms with Crippen LogP contribution in [0.1, 0.15) is 49.4 Å². The minimum absolute atomic E-state index is 0.251. The molecule has 0 bridgehead atoms. The Hall–Kier alpha value is -1.39. The second-order valence-electron chi connectivity index (χ2n) is 5.78. The maximum Gasteiger partial charge on any atom is 0.131 e. The molecule has 2 N–H and O–H groups in total. The second-order valence-corrected chi connectivity index (χ2v) is 6.67. The summed E-state index contributed by atoms with van der Waals surface area (Å²) in [6.07, 6.45) is 2.03. The maximum absolute atomic E-state index is 5.79. The predicted molar refractivity (Wildman–Crippen MR) is 88.9 cm³/mol. The Kier molecular flexibility index (Phi) is 5.76. The molecule has 0 fully saturated rings. The quantitative estimate of drug-likeness (QED) is 0.837. The highest BCUT2D eigenvalue weighted by Crippen LogP contribution is 2.21. The molecule has 1 unspecified atom stereocenters. The van der Waals surface area contributed by atoms with Crippen LogP contribution in [0.4, 0.5) is 0 Å². The Morgan fingerprint density at radius 1 is 1.19 bits per heavy atom. The van der Waals surface area contributed by atoms with E-state index in [1.54, 1.807) is 11.3 Å². The number of rotatable bonds is 7. The first-order valence-corrected chi connectivity index (χ1v) is 8.34. The van der Waals surface area contributed by atoms with Gasteiger partial charge in [-0.3, -0.25) is 0 Å². The number of aromatic nitrogens is 1. The normalized spacial score (nSPS) is 12.6. The summed E-state index contributed by atoms with van der Waals surface area (Å²) in [7, 11) is 0. The average molecular weight is 304 g/mol. The minimum Gasteiger partial charge on any atom is -0.487 e. The maximum atomic E-state index is 5.79. The van der Waals surface area contributed by atoms with Crippen LogP contribution in [0.25, 0.3) is 0 Å². The lowest BCUT2D eigenvalue weighted by Gasteiger charge is -2.07. The zero-order valence-corrected chi connectivity index (χ0v) is 13.8. The summed E-state index contributed by atoms with van der Waals surface area (Å²) in [4.78, 5) is 4.57. The van der Waals surface area contributed by atoms with E-state index in [0.717, 1.165) is 24.3 Å². The molecule has 1 atom stereocenters. The molecule has 0 aliphatic heterocycles. The Morgan fingerprint density at radius 2 is 1.90 bits per heavy atom. The number of nitrogens with zero attached hydrogens (tertiary/aromatic N) is 1. The fourth-order valence-corrected chi connectivity index (χ4v) is 2.78. The summed E-state index contributed by atoms with van der Waals surface area (Å²) < 4.78 is 5.79. The van der Waals surface area contributed by atoms with Crippen LogP contribution < -0.4 is 10.5 Å².